The molecule has 1 aliphatic rings. The van der Waals surface area contributed by atoms with Gasteiger partial charge in [0.1, 0.15) is 6.04 Å². The largest absolute Gasteiger partial charge is 0.350 e. The van der Waals surface area contributed by atoms with E-state index in [2.05, 4.69) is 46.3 Å². The summed E-state index contributed by atoms with van der Waals surface area (Å²) >= 11 is 7.57. The summed E-state index contributed by atoms with van der Waals surface area (Å²) in [6, 6.07) is 4.47. The molecule has 0 bridgehead atoms. The molecule has 1 fully saturated rings. The molecule has 1 aromatic carbocycles. The molecule has 1 unspecified atom stereocenters. The number of fused-ring (bicyclic) bond motifs is 1. The molecular formula is C28H40ClN5O3S. The molecule has 3 amide bonds. The first-order valence-electron chi connectivity index (χ1n) is 13.5. The van der Waals surface area contributed by atoms with Crippen molar-refractivity contribution in [3.8, 4) is 0 Å². The monoisotopic (exact) mass is 561 g/mol. The van der Waals surface area contributed by atoms with Crippen LogP contribution in [0.15, 0.2) is 30.4 Å². The number of likely N-dealkylation sites (N-methyl/N-ethyl adjacent to an activating group) is 1. The lowest BCUT2D eigenvalue weighted by Gasteiger charge is -2.32. The van der Waals surface area contributed by atoms with Gasteiger partial charge in [-0.3, -0.25) is 19.3 Å². The third kappa shape index (κ3) is 8.78. The van der Waals surface area contributed by atoms with Gasteiger partial charge in [0.15, 0.2) is 0 Å². The van der Waals surface area contributed by atoms with Crippen LogP contribution in [0.4, 0.5) is 0 Å². The number of hydrogen-bond donors (Lipinski definition) is 3. The number of thiazole rings is 1. The van der Waals surface area contributed by atoms with Crippen LogP contribution < -0.4 is 16.0 Å². The van der Waals surface area contributed by atoms with E-state index in [-0.39, 0.29) is 36.1 Å². The van der Waals surface area contributed by atoms with Crippen molar-refractivity contribution in [1.82, 2.24) is 25.8 Å². The molecule has 1 heterocycles. The summed E-state index contributed by atoms with van der Waals surface area (Å²) in [5.74, 6) is -0.501. The zero-order valence-electron chi connectivity index (χ0n) is 22.6. The first-order chi connectivity index (χ1) is 18.2. The second-order valence-electron chi connectivity index (χ2n) is 9.97. The van der Waals surface area contributed by atoms with Gasteiger partial charge >= 0.3 is 0 Å². The van der Waals surface area contributed by atoms with E-state index in [0.717, 1.165) is 54.0 Å². The maximum Gasteiger partial charge on any atom is 0.247 e. The topological polar surface area (TPSA) is 103 Å². The molecule has 2 aromatic rings. The number of rotatable bonds is 13. The molecule has 1 saturated carbocycles. The summed E-state index contributed by atoms with van der Waals surface area (Å²) in [4.78, 5) is 45.0. The predicted molar refractivity (Wildman–Crippen MR) is 154 cm³/mol. The molecule has 10 heteroatoms. The van der Waals surface area contributed by atoms with Crippen molar-refractivity contribution in [3.05, 3.63) is 40.4 Å². The Morgan fingerprint density at radius 2 is 1.87 bits per heavy atom. The molecule has 38 heavy (non-hydrogen) atoms. The van der Waals surface area contributed by atoms with Crippen LogP contribution >= 0.6 is 22.9 Å². The zero-order chi connectivity index (χ0) is 27.7. The van der Waals surface area contributed by atoms with Crippen LogP contribution in [-0.2, 0) is 20.8 Å². The smallest absolute Gasteiger partial charge is 0.247 e. The van der Waals surface area contributed by atoms with Crippen molar-refractivity contribution >= 4 is 50.9 Å². The first kappa shape index (κ1) is 30.1. The highest BCUT2D eigenvalue weighted by atomic mass is 35.5. The Bertz CT molecular complexity index is 1130. The average molecular weight is 562 g/mol. The van der Waals surface area contributed by atoms with E-state index in [1.165, 1.54) is 24.7 Å². The molecule has 0 aliphatic heterocycles. The second-order valence-corrected chi connectivity index (χ2v) is 11.5. The third-order valence-corrected chi connectivity index (χ3v) is 8.40. The number of hydrogen-bond acceptors (Lipinski definition) is 6. The lowest BCUT2D eigenvalue weighted by molar-refractivity contribution is -0.129. The maximum absolute atomic E-state index is 13.5. The normalized spacial score (nSPS) is 15.7. The van der Waals surface area contributed by atoms with E-state index in [9.17, 15) is 14.4 Å². The molecule has 0 radical (unpaired) electrons. The van der Waals surface area contributed by atoms with E-state index in [0.29, 0.717) is 23.7 Å². The van der Waals surface area contributed by atoms with Crippen LogP contribution in [0.3, 0.4) is 0 Å². The van der Waals surface area contributed by atoms with Crippen molar-refractivity contribution in [1.29, 1.82) is 0 Å². The van der Waals surface area contributed by atoms with Gasteiger partial charge < -0.3 is 16.0 Å². The number of carbonyl (C=O) groups excluding carboxylic acids is 3. The molecule has 8 nitrogen and oxygen atoms in total. The van der Waals surface area contributed by atoms with E-state index in [1.54, 1.807) is 6.07 Å². The van der Waals surface area contributed by atoms with Crippen LogP contribution in [-0.4, -0.2) is 65.9 Å². The SMILES string of the molecule is C=C(CN(CC)CC)C(=O)NCC(NC(=O)[C@H](Cc1nc2ccc(Cl)cc2s1)NC(C)=O)C1CCCCC1. The highest BCUT2D eigenvalue weighted by Crippen LogP contribution is 2.28. The Balaban J connectivity index is 1.70. The molecule has 1 aromatic heterocycles. The lowest BCUT2D eigenvalue weighted by Crippen LogP contribution is -2.55. The van der Waals surface area contributed by atoms with Crippen LogP contribution in [0.2, 0.25) is 5.02 Å². The van der Waals surface area contributed by atoms with Gasteiger partial charge in [-0.1, -0.05) is 51.3 Å². The summed E-state index contributed by atoms with van der Waals surface area (Å²) in [5, 5.41) is 10.3. The van der Waals surface area contributed by atoms with Crippen LogP contribution in [0, 0.1) is 5.92 Å². The summed E-state index contributed by atoms with van der Waals surface area (Å²) in [6.07, 6.45) is 5.63. The fourth-order valence-electron chi connectivity index (χ4n) is 4.93. The van der Waals surface area contributed by atoms with Gasteiger partial charge in [-0.15, -0.1) is 11.3 Å². The van der Waals surface area contributed by atoms with Gasteiger partial charge in [-0.25, -0.2) is 4.98 Å². The van der Waals surface area contributed by atoms with Gasteiger partial charge in [0.25, 0.3) is 0 Å². The van der Waals surface area contributed by atoms with Crippen LogP contribution in [0.5, 0.6) is 0 Å². The van der Waals surface area contributed by atoms with E-state index < -0.39 is 6.04 Å². The van der Waals surface area contributed by atoms with E-state index in [1.807, 2.05) is 12.1 Å². The van der Waals surface area contributed by atoms with Gasteiger partial charge in [0, 0.05) is 43.1 Å². The van der Waals surface area contributed by atoms with Crippen molar-refractivity contribution in [2.24, 2.45) is 5.92 Å². The average Bonchev–Trinajstić information content (AvgIpc) is 3.30. The van der Waals surface area contributed by atoms with Crippen molar-refractivity contribution in [2.45, 2.75) is 71.4 Å². The number of carbonyl (C=O) groups is 3. The number of benzene rings is 1. The molecule has 208 valence electrons. The van der Waals surface area contributed by atoms with Crippen molar-refractivity contribution in [2.75, 3.05) is 26.2 Å². The Morgan fingerprint density at radius 3 is 2.53 bits per heavy atom. The molecule has 2 atom stereocenters. The fourth-order valence-corrected chi connectivity index (χ4v) is 6.22. The lowest BCUT2D eigenvalue weighted by atomic mass is 9.83. The summed E-state index contributed by atoms with van der Waals surface area (Å²) in [5.41, 5.74) is 1.32. The third-order valence-electron chi connectivity index (χ3n) is 7.13. The molecule has 3 N–H and O–H groups in total. The minimum Gasteiger partial charge on any atom is -0.350 e. The van der Waals surface area contributed by atoms with Gasteiger partial charge in [0.2, 0.25) is 17.7 Å². The van der Waals surface area contributed by atoms with Crippen molar-refractivity contribution in [3.63, 3.8) is 0 Å². The van der Waals surface area contributed by atoms with Gasteiger partial charge in [0.05, 0.1) is 15.2 Å². The Labute approximate surface area is 234 Å². The number of aromatic nitrogens is 1. The number of amides is 3. The van der Waals surface area contributed by atoms with E-state index >= 15 is 0 Å². The van der Waals surface area contributed by atoms with E-state index in [4.69, 9.17) is 11.6 Å². The van der Waals surface area contributed by atoms with Crippen LogP contribution in [0.1, 0.15) is 57.9 Å². The quantitative estimate of drug-likeness (QED) is 0.320. The second kappa shape index (κ2) is 14.6. The minimum absolute atomic E-state index is 0.196. The summed E-state index contributed by atoms with van der Waals surface area (Å²) < 4.78 is 0.933. The Morgan fingerprint density at radius 1 is 1.16 bits per heavy atom. The van der Waals surface area contributed by atoms with Crippen molar-refractivity contribution < 1.29 is 14.4 Å². The Hall–Kier alpha value is -2.49. The standard InChI is InChI=1S/C28H40ClN5O3S/c1-5-34(6-2)17-18(3)27(36)30-16-24(20-10-8-7-9-11-20)33-28(37)23(31-19(4)35)15-26-32-22-13-12-21(29)14-25(22)38-26/h12-14,20,23-24H,3,5-11,15-17H2,1-2,4H3,(H,30,36)(H,31,35)(H,33,37)/t23-,24?/m0/s1. The van der Waals surface area contributed by atoms with Gasteiger partial charge in [-0.2, -0.15) is 0 Å². The van der Waals surface area contributed by atoms with Gasteiger partial charge in [-0.05, 0) is 50.0 Å². The highest BCUT2D eigenvalue weighted by Gasteiger charge is 2.29. The number of nitrogens with one attached hydrogen (secondary N) is 3. The molecule has 3 rings (SSSR count). The fraction of sp³-hybridized carbons (Fsp3) is 0.571. The zero-order valence-corrected chi connectivity index (χ0v) is 24.2. The highest BCUT2D eigenvalue weighted by molar-refractivity contribution is 7.18. The molecule has 0 spiro atoms. The number of nitrogens with zero attached hydrogens (tertiary/aromatic N) is 2. The summed E-state index contributed by atoms with van der Waals surface area (Å²) in [7, 11) is 0. The molecule has 0 saturated heterocycles. The molecular weight excluding hydrogens is 522 g/mol. The predicted octanol–water partition coefficient (Wildman–Crippen LogP) is 4.08. The van der Waals surface area contributed by atoms with Crippen LogP contribution in [0.25, 0.3) is 10.2 Å². The first-order valence-corrected chi connectivity index (χ1v) is 14.7. The summed E-state index contributed by atoms with van der Waals surface area (Å²) in [6.45, 7) is 12.0. The minimum atomic E-state index is -0.775. The molecule has 1 aliphatic carbocycles. The maximum atomic E-state index is 13.5. The Kier molecular flexibility index (Phi) is 11.6. The number of halogens is 1.